The van der Waals surface area contributed by atoms with E-state index in [4.69, 9.17) is 17.3 Å². The maximum absolute atomic E-state index is 5.38. The Labute approximate surface area is 98.1 Å². The topological polar surface area (TPSA) is 26.0 Å². The van der Waals surface area contributed by atoms with Crippen LogP contribution in [0.15, 0.2) is 30.3 Å². The molecule has 0 aromatic heterocycles. The van der Waals surface area contributed by atoms with E-state index in [-0.39, 0.29) is 12.4 Å². The normalized spacial score (nSPS) is 8.14. The molecule has 2 N–H and O–H groups in total. The van der Waals surface area contributed by atoms with Crippen molar-refractivity contribution in [3.63, 3.8) is 0 Å². The van der Waals surface area contributed by atoms with Crippen LogP contribution in [0.3, 0.4) is 0 Å². The summed E-state index contributed by atoms with van der Waals surface area (Å²) < 4.78 is 0. The van der Waals surface area contributed by atoms with Crippen LogP contribution in [0.4, 0.5) is 5.69 Å². The Morgan fingerprint density at radius 2 is 1.71 bits per heavy atom. The number of benzene rings is 1. The van der Waals surface area contributed by atoms with E-state index in [0.29, 0.717) is 0 Å². The molecule has 0 fully saturated rings. The number of hydrogen-bond acceptors (Lipinski definition) is 1. The Kier molecular flexibility index (Phi) is 14.4. The Morgan fingerprint density at radius 1 is 1.14 bits per heavy atom. The molecule has 0 amide bonds. The van der Waals surface area contributed by atoms with Gasteiger partial charge in [0.25, 0.3) is 0 Å². The molecule has 82 valence electrons. The number of alkyl halides is 1. The van der Waals surface area contributed by atoms with E-state index in [1.165, 1.54) is 19.3 Å². The molecule has 1 rings (SSSR count). The number of anilines is 1. The first-order chi connectivity index (χ1) is 6.31. The summed E-state index contributed by atoms with van der Waals surface area (Å²) in [5, 5.41) is 0. The Bertz CT molecular complexity index is 186. The maximum Gasteiger partial charge on any atom is 0.0313 e. The molecule has 0 aliphatic heterocycles. The van der Waals surface area contributed by atoms with Gasteiger partial charge in [-0.1, -0.05) is 38.0 Å². The largest absolute Gasteiger partial charge is 0.399 e. The standard InChI is InChI=1S/C6H7N.C5H11Cl.ClH/c7-6-4-2-1-3-5-6;1-2-3-4-5-6;/h1-5H,7H2;2-5H2,1H3;1H. The average molecular weight is 236 g/mol. The molecule has 1 nitrogen and oxygen atoms in total. The number of hydrogen-bond donors (Lipinski definition) is 1. The first kappa shape index (κ1) is 16.0. The van der Waals surface area contributed by atoms with Crippen LogP contribution in [0, 0.1) is 0 Å². The summed E-state index contributed by atoms with van der Waals surface area (Å²) in [5.41, 5.74) is 6.18. The lowest BCUT2D eigenvalue weighted by Gasteiger charge is -1.84. The van der Waals surface area contributed by atoms with E-state index < -0.39 is 0 Å². The molecule has 3 heteroatoms. The third-order valence-corrected chi connectivity index (χ3v) is 1.80. The Morgan fingerprint density at radius 3 is 1.93 bits per heavy atom. The van der Waals surface area contributed by atoms with Crippen LogP contribution in [-0.4, -0.2) is 5.88 Å². The first-order valence-electron chi connectivity index (χ1n) is 4.67. The third-order valence-electron chi connectivity index (χ3n) is 1.54. The lowest BCUT2D eigenvalue weighted by Crippen LogP contribution is -1.79. The molecule has 0 spiro atoms. The van der Waals surface area contributed by atoms with Crippen LogP contribution < -0.4 is 5.73 Å². The van der Waals surface area contributed by atoms with E-state index >= 15 is 0 Å². The highest BCUT2D eigenvalue weighted by atomic mass is 35.5. The summed E-state index contributed by atoms with van der Waals surface area (Å²) in [6.45, 7) is 2.17. The fourth-order valence-corrected chi connectivity index (χ4v) is 0.987. The van der Waals surface area contributed by atoms with E-state index in [9.17, 15) is 0 Å². The molecule has 0 saturated heterocycles. The van der Waals surface area contributed by atoms with Crippen molar-refractivity contribution in [2.75, 3.05) is 11.6 Å². The summed E-state index contributed by atoms with van der Waals surface area (Å²) in [4.78, 5) is 0. The highest BCUT2D eigenvalue weighted by Crippen LogP contribution is 1.96. The van der Waals surface area contributed by atoms with Crippen molar-refractivity contribution in [1.29, 1.82) is 0 Å². The molecule has 0 saturated carbocycles. The van der Waals surface area contributed by atoms with Gasteiger partial charge in [0.1, 0.15) is 0 Å². The maximum atomic E-state index is 5.38. The number of rotatable bonds is 3. The van der Waals surface area contributed by atoms with E-state index in [1.807, 2.05) is 30.3 Å². The van der Waals surface area contributed by atoms with Crippen molar-refractivity contribution in [3.05, 3.63) is 30.3 Å². The zero-order chi connectivity index (χ0) is 9.94. The third kappa shape index (κ3) is 11.6. The number of unbranched alkanes of at least 4 members (excludes halogenated alkanes) is 2. The fourth-order valence-electron chi connectivity index (χ4n) is 0.798. The molecule has 0 bridgehead atoms. The lowest BCUT2D eigenvalue weighted by atomic mass is 10.3. The second kappa shape index (κ2) is 12.6. The predicted octanol–water partition coefficient (Wildman–Crippen LogP) is 4.11. The van der Waals surface area contributed by atoms with Crippen molar-refractivity contribution in [2.24, 2.45) is 0 Å². The van der Waals surface area contributed by atoms with Crippen molar-refractivity contribution >= 4 is 29.7 Å². The van der Waals surface area contributed by atoms with E-state index in [1.54, 1.807) is 0 Å². The van der Waals surface area contributed by atoms with Crippen molar-refractivity contribution in [1.82, 2.24) is 0 Å². The molecule has 14 heavy (non-hydrogen) atoms. The van der Waals surface area contributed by atoms with Gasteiger partial charge in [0.15, 0.2) is 0 Å². The van der Waals surface area contributed by atoms with E-state index in [0.717, 1.165) is 11.6 Å². The van der Waals surface area contributed by atoms with Crippen LogP contribution >= 0.6 is 24.0 Å². The van der Waals surface area contributed by atoms with Gasteiger partial charge < -0.3 is 5.73 Å². The molecule has 0 radical (unpaired) electrons. The second-order valence-corrected chi connectivity index (χ2v) is 3.18. The van der Waals surface area contributed by atoms with Crippen molar-refractivity contribution in [2.45, 2.75) is 26.2 Å². The van der Waals surface area contributed by atoms with Gasteiger partial charge in [-0.2, -0.15) is 0 Å². The van der Waals surface area contributed by atoms with Gasteiger partial charge in [0.05, 0.1) is 0 Å². The minimum absolute atomic E-state index is 0. The molecular weight excluding hydrogens is 217 g/mol. The molecule has 1 aromatic carbocycles. The van der Waals surface area contributed by atoms with Crippen LogP contribution in [0.2, 0.25) is 0 Å². The molecule has 0 atom stereocenters. The predicted molar refractivity (Wildman–Crippen MR) is 68.3 cm³/mol. The fraction of sp³-hybridized carbons (Fsp3) is 0.455. The monoisotopic (exact) mass is 235 g/mol. The summed E-state index contributed by atoms with van der Waals surface area (Å²) in [5.74, 6) is 0.827. The Hall–Kier alpha value is -0.400. The number of nitrogens with two attached hydrogens (primary N) is 1. The first-order valence-corrected chi connectivity index (χ1v) is 5.21. The SMILES string of the molecule is CCCCCCl.Cl.Nc1ccccc1. The molecule has 0 unspecified atom stereocenters. The average Bonchev–Trinajstić information content (AvgIpc) is 2.17. The summed E-state index contributed by atoms with van der Waals surface area (Å²) in [7, 11) is 0. The van der Waals surface area contributed by atoms with Gasteiger partial charge >= 0.3 is 0 Å². The molecular formula is C11H19Cl2N. The molecule has 0 heterocycles. The van der Waals surface area contributed by atoms with Crippen LogP contribution in [0.5, 0.6) is 0 Å². The molecule has 0 aliphatic rings. The number of nitrogen functional groups attached to an aromatic ring is 1. The highest BCUT2D eigenvalue weighted by molar-refractivity contribution is 6.17. The van der Waals surface area contributed by atoms with E-state index in [2.05, 4.69) is 6.92 Å². The quantitative estimate of drug-likeness (QED) is 0.477. The lowest BCUT2D eigenvalue weighted by molar-refractivity contribution is 0.776. The van der Waals surface area contributed by atoms with Crippen molar-refractivity contribution < 1.29 is 0 Å². The smallest absolute Gasteiger partial charge is 0.0313 e. The minimum atomic E-state index is 0. The zero-order valence-corrected chi connectivity index (χ0v) is 10.2. The van der Waals surface area contributed by atoms with Gasteiger partial charge in [-0.05, 0) is 18.6 Å². The zero-order valence-electron chi connectivity index (χ0n) is 8.58. The second-order valence-electron chi connectivity index (χ2n) is 2.81. The van der Waals surface area contributed by atoms with Gasteiger partial charge in [-0.25, -0.2) is 0 Å². The van der Waals surface area contributed by atoms with Gasteiger partial charge in [0.2, 0.25) is 0 Å². The minimum Gasteiger partial charge on any atom is -0.399 e. The number of halogens is 2. The van der Waals surface area contributed by atoms with Gasteiger partial charge in [0, 0.05) is 11.6 Å². The highest BCUT2D eigenvalue weighted by Gasteiger charge is 1.76. The van der Waals surface area contributed by atoms with Crippen LogP contribution in [0.1, 0.15) is 26.2 Å². The summed E-state index contributed by atoms with van der Waals surface area (Å²) in [6, 6.07) is 9.49. The van der Waals surface area contributed by atoms with Crippen molar-refractivity contribution in [3.8, 4) is 0 Å². The summed E-state index contributed by atoms with van der Waals surface area (Å²) >= 11 is 5.38. The van der Waals surface area contributed by atoms with Gasteiger partial charge in [-0.15, -0.1) is 24.0 Å². The van der Waals surface area contributed by atoms with Gasteiger partial charge in [-0.3, -0.25) is 0 Å². The molecule has 1 aromatic rings. The Balaban J connectivity index is 0. The summed E-state index contributed by atoms with van der Waals surface area (Å²) in [6.07, 6.45) is 3.73. The van der Waals surface area contributed by atoms with Crippen LogP contribution in [-0.2, 0) is 0 Å². The van der Waals surface area contributed by atoms with Crippen LogP contribution in [0.25, 0.3) is 0 Å². The molecule has 0 aliphatic carbocycles. The number of para-hydroxylation sites is 1.